The lowest BCUT2D eigenvalue weighted by Crippen LogP contribution is -2.41. The number of nitrogens with one attached hydrogen (secondary N) is 1. The van der Waals surface area contributed by atoms with Crippen molar-refractivity contribution in [1.82, 2.24) is 4.98 Å². The highest BCUT2D eigenvalue weighted by atomic mass is 32.1. The lowest BCUT2D eigenvalue weighted by atomic mass is 10.1. The lowest BCUT2D eigenvalue weighted by molar-refractivity contribution is -0.155. The molecule has 3 N–H and O–H groups in total. The number of carbonyl (C=O) groups is 1. The summed E-state index contributed by atoms with van der Waals surface area (Å²) in [7, 11) is 0. The van der Waals surface area contributed by atoms with Crippen LogP contribution in [0, 0.1) is 0 Å². The van der Waals surface area contributed by atoms with E-state index in [9.17, 15) is 9.90 Å². The highest BCUT2D eigenvalue weighted by Crippen LogP contribution is 2.22. The van der Waals surface area contributed by atoms with Crippen molar-refractivity contribution < 1.29 is 15.0 Å². The molecule has 5 nitrogen and oxygen atoms in total. The Labute approximate surface area is 102 Å². The molecule has 2 aromatic rings. The molecule has 0 saturated carbocycles. The van der Waals surface area contributed by atoms with Gasteiger partial charge in [0, 0.05) is 5.69 Å². The van der Waals surface area contributed by atoms with Gasteiger partial charge in [-0.3, -0.25) is 0 Å². The van der Waals surface area contributed by atoms with Crippen LogP contribution in [0.2, 0.25) is 0 Å². The van der Waals surface area contributed by atoms with E-state index in [2.05, 4.69) is 10.3 Å². The van der Waals surface area contributed by atoms with Gasteiger partial charge in [0.15, 0.2) is 5.60 Å². The SMILES string of the molecule is CC(O)(CNc1ccc2ncsc2c1)C(=O)O. The van der Waals surface area contributed by atoms with Gasteiger partial charge in [0.1, 0.15) is 0 Å². The van der Waals surface area contributed by atoms with E-state index in [-0.39, 0.29) is 6.54 Å². The number of benzene rings is 1. The van der Waals surface area contributed by atoms with Crippen LogP contribution in [0.5, 0.6) is 0 Å². The van der Waals surface area contributed by atoms with E-state index >= 15 is 0 Å². The maximum absolute atomic E-state index is 10.7. The summed E-state index contributed by atoms with van der Waals surface area (Å²) in [5.74, 6) is -1.25. The van der Waals surface area contributed by atoms with Crippen molar-refractivity contribution in [3.05, 3.63) is 23.7 Å². The molecule has 0 fully saturated rings. The minimum atomic E-state index is -1.78. The van der Waals surface area contributed by atoms with Crippen LogP contribution >= 0.6 is 11.3 Å². The number of hydrogen-bond donors (Lipinski definition) is 3. The summed E-state index contributed by atoms with van der Waals surface area (Å²) >= 11 is 1.51. The second kappa shape index (κ2) is 4.31. The zero-order valence-corrected chi connectivity index (χ0v) is 9.99. The Kier molecular flexibility index (Phi) is 2.99. The van der Waals surface area contributed by atoms with Crippen LogP contribution in [0.4, 0.5) is 5.69 Å². The molecule has 0 bridgehead atoms. The fourth-order valence-corrected chi connectivity index (χ4v) is 2.03. The molecular formula is C11H12N2O3S. The Balaban J connectivity index is 2.11. The molecule has 0 saturated heterocycles. The molecule has 0 amide bonds. The van der Waals surface area contributed by atoms with Gasteiger partial charge in [-0.2, -0.15) is 0 Å². The molecule has 0 aliphatic carbocycles. The van der Waals surface area contributed by atoms with E-state index in [1.54, 1.807) is 11.6 Å². The number of aliphatic carboxylic acids is 1. The van der Waals surface area contributed by atoms with Crippen molar-refractivity contribution in [2.75, 3.05) is 11.9 Å². The van der Waals surface area contributed by atoms with E-state index < -0.39 is 11.6 Å². The average Bonchev–Trinajstić information content (AvgIpc) is 2.73. The number of nitrogens with zero attached hydrogens (tertiary/aromatic N) is 1. The first kappa shape index (κ1) is 11.8. The number of fused-ring (bicyclic) bond motifs is 1. The molecule has 0 radical (unpaired) electrons. The minimum absolute atomic E-state index is 0.0490. The average molecular weight is 252 g/mol. The molecular weight excluding hydrogens is 240 g/mol. The van der Waals surface area contributed by atoms with Crippen LogP contribution in [-0.4, -0.2) is 33.3 Å². The number of carboxylic acids is 1. The van der Waals surface area contributed by atoms with Crippen molar-refractivity contribution in [2.24, 2.45) is 0 Å². The van der Waals surface area contributed by atoms with Crippen molar-refractivity contribution >= 4 is 33.2 Å². The molecule has 1 aromatic heterocycles. The molecule has 1 heterocycles. The number of anilines is 1. The topological polar surface area (TPSA) is 82.5 Å². The number of aliphatic hydroxyl groups is 1. The fraction of sp³-hybridized carbons (Fsp3) is 0.273. The third-order valence-electron chi connectivity index (χ3n) is 2.43. The zero-order chi connectivity index (χ0) is 12.5. The van der Waals surface area contributed by atoms with Crippen LogP contribution in [0.1, 0.15) is 6.92 Å². The van der Waals surface area contributed by atoms with Crippen LogP contribution in [-0.2, 0) is 4.79 Å². The van der Waals surface area contributed by atoms with Gasteiger partial charge < -0.3 is 15.5 Å². The van der Waals surface area contributed by atoms with Crippen LogP contribution in [0.3, 0.4) is 0 Å². The molecule has 17 heavy (non-hydrogen) atoms. The molecule has 1 unspecified atom stereocenters. The Morgan fingerprint density at radius 1 is 1.59 bits per heavy atom. The molecule has 2 rings (SSSR count). The standard InChI is InChI=1S/C11H12N2O3S/c1-11(16,10(14)15)5-12-7-2-3-8-9(4-7)17-6-13-8/h2-4,6,12,16H,5H2,1H3,(H,14,15). The molecule has 6 heteroatoms. The monoisotopic (exact) mass is 252 g/mol. The van der Waals surface area contributed by atoms with E-state index in [0.717, 1.165) is 15.9 Å². The smallest absolute Gasteiger partial charge is 0.337 e. The quantitative estimate of drug-likeness (QED) is 0.769. The molecule has 0 aliphatic rings. The number of thiazole rings is 1. The lowest BCUT2D eigenvalue weighted by Gasteiger charge is -2.18. The van der Waals surface area contributed by atoms with Crippen LogP contribution in [0.25, 0.3) is 10.2 Å². The normalized spacial score (nSPS) is 14.5. The summed E-state index contributed by atoms with van der Waals surface area (Å²) in [6, 6.07) is 5.54. The molecule has 0 aliphatic heterocycles. The Bertz CT molecular complexity index is 550. The maximum atomic E-state index is 10.7. The number of carboxylic acid groups (broad SMARTS) is 1. The van der Waals surface area contributed by atoms with Gasteiger partial charge in [0.25, 0.3) is 0 Å². The molecule has 1 atom stereocenters. The van der Waals surface area contributed by atoms with Crippen LogP contribution < -0.4 is 5.32 Å². The third-order valence-corrected chi connectivity index (χ3v) is 3.22. The highest BCUT2D eigenvalue weighted by Gasteiger charge is 2.29. The van der Waals surface area contributed by atoms with Crippen LogP contribution in [0.15, 0.2) is 23.7 Å². The predicted molar refractivity (Wildman–Crippen MR) is 66.4 cm³/mol. The Morgan fingerprint density at radius 3 is 3.06 bits per heavy atom. The van der Waals surface area contributed by atoms with E-state index in [4.69, 9.17) is 5.11 Å². The summed E-state index contributed by atoms with van der Waals surface area (Å²) in [6.45, 7) is 1.21. The maximum Gasteiger partial charge on any atom is 0.337 e. The van der Waals surface area contributed by atoms with E-state index in [1.165, 1.54) is 18.3 Å². The van der Waals surface area contributed by atoms with Gasteiger partial charge in [0.2, 0.25) is 0 Å². The van der Waals surface area contributed by atoms with Crippen molar-refractivity contribution in [3.63, 3.8) is 0 Å². The van der Waals surface area contributed by atoms with Gasteiger partial charge in [-0.15, -0.1) is 11.3 Å². The summed E-state index contributed by atoms with van der Waals surface area (Å²) in [5, 5.41) is 21.2. The summed E-state index contributed by atoms with van der Waals surface area (Å²) in [5.41, 5.74) is 1.65. The summed E-state index contributed by atoms with van der Waals surface area (Å²) in [4.78, 5) is 14.9. The predicted octanol–water partition coefficient (Wildman–Crippen LogP) is 1.54. The second-order valence-corrected chi connectivity index (χ2v) is 4.85. The first-order valence-electron chi connectivity index (χ1n) is 5.02. The van der Waals surface area contributed by atoms with E-state index in [1.807, 2.05) is 12.1 Å². The van der Waals surface area contributed by atoms with Gasteiger partial charge >= 0.3 is 5.97 Å². The van der Waals surface area contributed by atoms with Gasteiger partial charge in [0.05, 0.1) is 22.3 Å². The second-order valence-electron chi connectivity index (χ2n) is 3.97. The Morgan fingerprint density at radius 2 is 2.35 bits per heavy atom. The van der Waals surface area contributed by atoms with Crippen molar-refractivity contribution in [2.45, 2.75) is 12.5 Å². The molecule has 1 aromatic carbocycles. The highest BCUT2D eigenvalue weighted by molar-refractivity contribution is 7.16. The van der Waals surface area contributed by atoms with Gasteiger partial charge in [-0.25, -0.2) is 9.78 Å². The zero-order valence-electron chi connectivity index (χ0n) is 9.17. The Hall–Kier alpha value is -1.66. The number of hydrogen-bond acceptors (Lipinski definition) is 5. The van der Waals surface area contributed by atoms with Crippen molar-refractivity contribution in [3.8, 4) is 0 Å². The summed E-state index contributed by atoms with van der Waals surface area (Å²) < 4.78 is 1.02. The fourth-order valence-electron chi connectivity index (χ4n) is 1.31. The number of rotatable bonds is 4. The molecule has 0 spiro atoms. The third kappa shape index (κ3) is 2.54. The molecule has 90 valence electrons. The summed E-state index contributed by atoms with van der Waals surface area (Å²) in [6.07, 6.45) is 0. The first-order valence-corrected chi connectivity index (χ1v) is 5.90. The van der Waals surface area contributed by atoms with Gasteiger partial charge in [-0.05, 0) is 25.1 Å². The van der Waals surface area contributed by atoms with Crippen molar-refractivity contribution in [1.29, 1.82) is 0 Å². The first-order chi connectivity index (χ1) is 7.99. The van der Waals surface area contributed by atoms with E-state index in [0.29, 0.717) is 0 Å². The number of aromatic nitrogens is 1. The van der Waals surface area contributed by atoms with Gasteiger partial charge in [-0.1, -0.05) is 0 Å². The minimum Gasteiger partial charge on any atom is -0.479 e. The largest absolute Gasteiger partial charge is 0.479 e.